The Hall–Kier alpha value is -1.06. The predicted octanol–water partition coefficient (Wildman–Crippen LogP) is 2.59. The highest BCUT2D eigenvalue weighted by molar-refractivity contribution is 5.28. The number of nitrogens with two attached hydrogens (primary N) is 1. The second kappa shape index (κ2) is 8.09. The Balaban J connectivity index is 2.13. The lowest BCUT2D eigenvalue weighted by Gasteiger charge is -2.09. The largest absolute Gasteiger partial charge is 0.491 e. The highest BCUT2D eigenvalue weighted by Gasteiger charge is 1.97. The Morgan fingerprint density at radius 2 is 2.00 bits per heavy atom. The summed E-state index contributed by atoms with van der Waals surface area (Å²) in [5.41, 5.74) is 6.65. The van der Waals surface area contributed by atoms with Gasteiger partial charge in [-0.25, -0.2) is 0 Å². The highest BCUT2D eigenvalue weighted by Crippen LogP contribution is 2.12. The average molecular weight is 237 g/mol. The van der Waals surface area contributed by atoms with Crippen LogP contribution in [0.5, 0.6) is 5.75 Å². The molecule has 0 radical (unpaired) electrons. The Morgan fingerprint density at radius 1 is 1.18 bits per heavy atom. The lowest BCUT2D eigenvalue weighted by molar-refractivity contribution is 0.0925. The lowest BCUT2D eigenvalue weighted by Crippen LogP contribution is -2.09. The van der Waals surface area contributed by atoms with Crippen LogP contribution in [-0.4, -0.2) is 19.8 Å². The Labute approximate surface area is 104 Å². The monoisotopic (exact) mass is 237 g/mol. The Bertz CT molecular complexity index is 313. The molecule has 0 saturated heterocycles. The van der Waals surface area contributed by atoms with E-state index in [-0.39, 0.29) is 0 Å². The number of hydrogen-bond acceptors (Lipinski definition) is 3. The summed E-state index contributed by atoms with van der Waals surface area (Å²) in [7, 11) is 0. The third-order valence-electron chi connectivity index (χ3n) is 2.47. The van der Waals surface area contributed by atoms with Crippen LogP contribution >= 0.6 is 0 Å². The molecule has 3 nitrogen and oxygen atoms in total. The summed E-state index contributed by atoms with van der Waals surface area (Å²) < 4.78 is 11.0. The summed E-state index contributed by atoms with van der Waals surface area (Å²) in [5, 5.41) is 0. The molecule has 0 unspecified atom stereocenters. The van der Waals surface area contributed by atoms with Gasteiger partial charge in [0.2, 0.25) is 0 Å². The minimum atomic E-state index is 0.544. The first kappa shape index (κ1) is 14.0. The SMILES string of the molecule is CC(C)CCOCCOc1cccc(CN)c1. The molecule has 0 aliphatic rings. The summed E-state index contributed by atoms with van der Waals surface area (Å²) >= 11 is 0. The van der Waals surface area contributed by atoms with Gasteiger partial charge < -0.3 is 15.2 Å². The molecule has 1 aromatic rings. The predicted molar refractivity (Wildman–Crippen MR) is 70.1 cm³/mol. The minimum absolute atomic E-state index is 0.544. The third-order valence-corrected chi connectivity index (χ3v) is 2.47. The van der Waals surface area contributed by atoms with Crippen molar-refractivity contribution in [2.45, 2.75) is 26.8 Å². The fourth-order valence-corrected chi connectivity index (χ4v) is 1.40. The smallest absolute Gasteiger partial charge is 0.119 e. The number of rotatable bonds is 8. The lowest BCUT2D eigenvalue weighted by atomic mass is 10.1. The van der Waals surface area contributed by atoms with Crippen molar-refractivity contribution in [1.29, 1.82) is 0 Å². The van der Waals surface area contributed by atoms with Gasteiger partial charge in [0.15, 0.2) is 0 Å². The third kappa shape index (κ3) is 6.29. The van der Waals surface area contributed by atoms with Crippen molar-refractivity contribution in [1.82, 2.24) is 0 Å². The van der Waals surface area contributed by atoms with E-state index in [0.717, 1.165) is 24.3 Å². The second-order valence-electron chi connectivity index (χ2n) is 4.49. The van der Waals surface area contributed by atoms with Crippen LogP contribution in [0.1, 0.15) is 25.8 Å². The Kier molecular flexibility index (Phi) is 6.67. The number of ether oxygens (including phenoxy) is 2. The molecule has 1 aromatic carbocycles. The van der Waals surface area contributed by atoms with E-state index in [2.05, 4.69) is 13.8 Å². The maximum Gasteiger partial charge on any atom is 0.119 e. The zero-order valence-electron chi connectivity index (χ0n) is 10.8. The molecule has 0 amide bonds. The maximum atomic E-state index is 5.57. The van der Waals surface area contributed by atoms with Crippen LogP contribution in [-0.2, 0) is 11.3 Å². The molecule has 0 atom stereocenters. The van der Waals surface area contributed by atoms with Gasteiger partial charge in [-0.05, 0) is 30.0 Å². The van der Waals surface area contributed by atoms with Gasteiger partial charge in [0.1, 0.15) is 12.4 Å². The van der Waals surface area contributed by atoms with E-state index in [1.54, 1.807) is 0 Å². The van der Waals surface area contributed by atoms with Crippen LogP contribution < -0.4 is 10.5 Å². The van der Waals surface area contributed by atoms with Gasteiger partial charge in [-0.1, -0.05) is 26.0 Å². The van der Waals surface area contributed by atoms with E-state index in [0.29, 0.717) is 25.7 Å². The van der Waals surface area contributed by atoms with E-state index in [1.165, 1.54) is 0 Å². The molecular weight excluding hydrogens is 214 g/mol. The molecule has 17 heavy (non-hydrogen) atoms. The van der Waals surface area contributed by atoms with Gasteiger partial charge in [-0.2, -0.15) is 0 Å². The van der Waals surface area contributed by atoms with Gasteiger partial charge in [0, 0.05) is 13.2 Å². The summed E-state index contributed by atoms with van der Waals surface area (Å²) in [6.07, 6.45) is 1.10. The van der Waals surface area contributed by atoms with Crippen LogP contribution in [0, 0.1) is 5.92 Å². The number of benzene rings is 1. The van der Waals surface area contributed by atoms with Crippen molar-refractivity contribution in [3.05, 3.63) is 29.8 Å². The minimum Gasteiger partial charge on any atom is -0.491 e. The summed E-state index contributed by atoms with van der Waals surface area (Å²) in [6, 6.07) is 7.85. The molecule has 0 fully saturated rings. The van der Waals surface area contributed by atoms with Crippen LogP contribution in [0.4, 0.5) is 0 Å². The first-order valence-electron chi connectivity index (χ1n) is 6.22. The molecule has 3 heteroatoms. The van der Waals surface area contributed by atoms with E-state index in [1.807, 2.05) is 24.3 Å². The van der Waals surface area contributed by atoms with Gasteiger partial charge >= 0.3 is 0 Å². The van der Waals surface area contributed by atoms with Gasteiger partial charge in [0.05, 0.1) is 6.61 Å². The van der Waals surface area contributed by atoms with E-state index in [9.17, 15) is 0 Å². The van der Waals surface area contributed by atoms with Crippen molar-refractivity contribution in [3.8, 4) is 5.75 Å². The molecule has 2 N–H and O–H groups in total. The van der Waals surface area contributed by atoms with Crippen LogP contribution in [0.25, 0.3) is 0 Å². The molecule has 0 heterocycles. The normalized spacial score (nSPS) is 10.8. The van der Waals surface area contributed by atoms with Crippen molar-refractivity contribution in [3.63, 3.8) is 0 Å². The molecule has 0 spiro atoms. The topological polar surface area (TPSA) is 44.5 Å². The molecule has 0 bridgehead atoms. The van der Waals surface area contributed by atoms with Crippen LogP contribution in [0.2, 0.25) is 0 Å². The summed E-state index contributed by atoms with van der Waals surface area (Å²) in [4.78, 5) is 0. The summed E-state index contributed by atoms with van der Waals surface area (Å²) in [5.74, 6) is 1.55. The molecule has 0 saturated carbocycles. The first-order valence-corrected chi connectivity index (χ1v) is 6.22. The standard InChI is InChI=1S/C14H23NO2/c1-12(2)6-7-16-8-9-17-14-5-3-4-13(10-14)11-15/h3-5,10,12H,6-9,11,15H2,1-2H3. The fraction of sp³-hybridized carbons (Fsp3) is 0.571. The molecular formula is C14H23NO2. The van der Waals surface area contributed by atoms with Crippen molar-refractivity contribution in [2.75, 3.05) is 19.8 Å². The zero-order chi connectivity index (χ0) is 12.5. The van der Waals surface area contributed by atoms with Crippen LogP contribution in [0.3, 0.4) is 0 Å². The van der Waals surface area contributed by atoms with Crippen molar-refractivity contribution >= 4 is 0 Å². The molecule has 0 aliphatic heterocycles. The second-order valence-corrected chi connectivity index (χ2v) is 4.49. The van der Waals surface area contributed by atoms with Crippen LogP contribution in [0.15, 0.2) is 24.3 Å². The van der Waals surface area contributed by atoms with Gasteiger partial charge in [-0.15, -0.1) is 0 Å². The first-order chi connectivity index (χ1) is 8.22. The molecule has 1 rings (SSSR count). The maximum absolute atomic E-state index is 5.57. The van der Waals surface area contributed by atoms with Gasteiger partial charge in [-0.3, -0.25) is 0 Å². The Morgan fingerprint density at radius 3 is 2.71 bits per heavy atom. The average Bonchev–Trinajstić information content (AvgIpc) is 2.33. The fourth-order valence-electron chi connectivity index (χ4n) is 1.40. The van der Waals surface area contributed by atoms with Crippen molar-refractivity contribution in [2.24, 2.45) is 11.7 Å². The highest BCUT2D eigenvalue weighted by atomic mass is 16.5. The van der Waals surface area contributed by atoms with E-state index in [4.69, 9.17) is 15.2 Å². The summed E-state index contributed by atoms with van der Waals surface area (Å²) in [6.45, 7) is 6.97. The zero-order valence-corrected chi connectivity index (χ0v) is 10.8. The quantitative estimate of drug-likeness (QED) is 0.707. The van der Waals surface area contributed by atoms with E-state index >= 15 is 0 Å². The molecule has 96 valence electrons. The van der Waals surface area contributed by atoms with Crippen molar-refractivity contribution < 1.29 is 9.47 Å². The molecule has 0 aromatic heterocycles. The molecule has 0 aliphatic carbocycles. The van der Waals surface area contributed by atoms with E-state index < -0.39 is 0 Å². The van der Waals surface area contributed by atoms with Gasteiger partial charge in [0.25, 0.3) is 0 Å². The number of hydrogen-bond donors (Lipinski definition) is 1.